The first-order valence-corrected chi connectivity index (χ1v) is 7.00. The van der Waals surface area contributed by atoms with Crippen LogP contribution >= 0.6 is 11.6 Å². The van der Waals surface area contributed by atoms with Gasteiger partial charge in [0.2, 0.25) is 0 Å². The lowest BCUT2D eigenvalue weighted by Crippen LogP contribution is -2.46. The third-order valence-electron chi connectivity index (χ3n) is 4.10. The zero-order valence-corrected chi connectivity index (χ0v) is 12.2. The molecule has 100 valence electrons. The first-order chi connectivity index (χ1) is 8.43. The number of aryl methyl sites for hydroxylation is 1. The van der Waals surface area contributed by atoms with Gasteiger partial charge in [0.15, 0.2) is 0 Å². The second-order valence-corrected chi connectivity index (χ2v) is 6.17. The lowest BCUT2D eigenvalue weighted by Gasteiger charge is -2.39. The van der Waals surface area contributed by atoms with Crippen LogP contribution in [0.15, 0.2) is 18.2 Å². The van der Waals surface area contributed by atoms with Gasteiger partial charge in [0.25, 0.3) is 0 Å². The van der Waals surface area contributed by atoms with E-state index < -0.39 is 6.10 Å². The molecule has 1 heterocycles. The first-order valence-electron chi connectivity index (χ1n) is 6.62. The maximum atomic E-state index is 10.6. The fraction of sp³-hybridized carbons (Fsp3) is 0.600. The average Bonchev–Trinajstić information content (AvgIpc) is 2.86. The van der Waals surface area contributed by atoms with Crippen LogP contribution in [0.2, 0.25) is 5.02 Å². The van der Waals surface area contributed by atoms with Gasteiger partial charge in [-0.25, -0.2) is 0 Å². The molecule has 0 radical (unpaired) electrons. The maximum absolute atomic E-state index is 10.6. The third-order valence-corrected chi connectivity index (χ3v) is 4.51. The quantitative estimate of drug-likeness (QED) is 0.905. The Morgan fingerprint density at radius 1 is 1.28 bits per heavy atom. The van der Waals surface area contributed by atoms with Crippen LogP contribution in [0.4, 0.5) is 0 Å². The van der Waals surface area contributed by atoms with Crippen LogP contribution in [0, 0.1) is 6.92 Å². The van der Waals surface area contributed by atoms with Gasteiger partial charge in [-0.2, -0.15) is 0 Å². The molecule has 0 amide bonds. The minimum Gasteiger partial charge on any atom is -0.386 e. The van der Waals surface area contributed by atoms with Crippen LogP contribution in [-0.2, 0) is 0 Å². The van der Waals surface area contributed by atoms with Gasteiger partial charge >= 0.3 is 0 Å². The van der Waals surface area contributed by atoms with E-state index in [0.717, 1.165) is 29.2 Å². The van der Waals surface area contributed by atoms with Crippen molar-refractivity contribution in [2.24, 2.45) is 0 Å². The molecule has 1 saturated heterocycles. The summed E-state index contributed by atoms with van der Waals surface area (Å²) in [6, 6.07) is 5.84. The summed E-state index contributed by atoms with van der Waals surface area (Å²) < 4.78 is 0. The number of hydrogen-bond acceptors (Lipinski definition) is 2. The second kappa shape index (κ2) is 5.20. The van der Waals surface area contributed by atoms with Gasteiger partial charge in [0.1, 0.15) is 0 Å². The molecule has 2 rings (SSSR count). The summed E-state index contributed by atoms with van der Waals surface area (Å²) in [7, 11) is 0. The molecule has 18 heavy (non-hydrogen) atoms. The molecule has 0 bridgehead atoms. The molecule has 1 fully saturated rings. The topological polar surface area (TPSA) is 23.5 Å². The van der Waals surface area contributed by atoms with Crippen molar-refractivity contribution >= 4 is 11.6 Å². The summed E-state index contributed by atoms with van der Waals surface area (Å²) in [5.41, 5.74) is 1.71. The number of aliphatic hydroxyl groups excluding tert-OH is 1. The van der Waals surface area contributed by atoms with Gasteiger partial charge in [-0.3, -0.25) is 4.90 Å². The molecule has 0 spiro atoms. The largest absolute Gasteiger partial charge is 0.386 e. The summed E-state index contributed by atoms with van der Waals surface area (Å²) in [5, 5.41) is 11.3. The van der Waals surface area contributed by atoms with Crippen molar-refractivity contribution in [2.75, 3.05) is 13.1 Å². The number of rotatable bonds is 3. The number of nitrogens with zero attached hydrogens (tertiary/aromatic N) is 1. The van der Waals surface area contributed by atoms with E-state index in [1.54, 1.807) is 0 Å². The molecule has 1 aromatic rings. The highest BCUT2D eigenvalue weighted by Gasteiger charge is 2.36. The molecule has 0 aromatic heterocycles. The normalized spacial score (nSPS) is 19.2. The molecule has 0 saturated carbocycles. The van der Waals surface area contributed by atoms with Crippen molar-refractivity contribution in [3.8, 4) is 0 Å². The Morgan fingerprint density at radius 3 is 2.44 bits per heavy atom. The number of likely N-dealkylation sites (tertiary alicyclic amines) is 1. The highest BCUT2D eigenvalue weighted by atomic mass is 35.5. The van der Waals surface area contributed by atoms with Crippen LogP contribution in [0.25, 0.3) is 0 Å². The van der Waals surface area contributed by atoms with E-state index in [-0.39, 0.29) is 5.54 Å². The molecular weight excluding hydrogens is 246 g/mol. The van der Waals surface area contributed by atoms with Crippen LogP contribution in [0.5, 0.6) is 0 Å². The van der Waals surface area contributed by atoms with Gasteiger partial charge in [-0.1, -0.05) is 23.7 Å². The Labute approximate surface area is 115 Å². The zero-order chi connectivity index (χ0) is 13.3. The van der Waals surface area contributed by atoms with Gasteiger partial charge in [-0.15, -0.1) is 0 Å². The van der Waals surface area contributed by atoms with Gasteiger partial charge in [0.05, 0.1) is 6.10 Å². The fourth-order valence-corrected chi connectivity index (χ4v) is 2.84. The first kappa shape index (κ1) is 13.9. The van der Waals surface area contributed by atoms with Gasteiger partial charge in [-0.05, 0) is 63.9 Å². The molecule has 1 atom stereocenters. The molecule has 1 aliphatic rings. The van der Waals surface area contributed by atoms with E-state index in [1.807, 2.05) is 25.1 Å². The highest BCUT2D eigenvalue weighted by molar-refractivity contribution is 6.31. The van der Waals surface area contributed by atoms with E-state index in [9.17, 15) is 5.11 Å². The van der Waals surface area contributed by atoms with Crippen LogP contribution in [-0.4, -0.2) is 28.6 Å². The van der Waals surface area contributed by atoms with Crippen LogP contribution in [0.3, 0.4) is 0 Å². The molecule has 1 aromatic carbocycles. The van der Waals surface area contributed by atoms with E-state index in [4.69, 9.17) is 11.6 Å². The fourth-order valence-electron chi connectivity index (χ4n) is 2.65. The predicted molar refractivity (Wildman–Crippen MR) is 76.0 cm³/mol. The minimum absolute atomic E-state index is 0.241. The minimum atomic E-state index is -0.506. The van der Waals surface area contributed by atoms with Gasteiger partial charge < -0.3 is 5.11 Å². The highest BCUT2D eigenvalue weighted by Crippen LogP contribution is 2.34. The maximum Gasteiger partial charge on any atom is 0.0968 e. The molecule has 1 N–H and O–H groups in total. The number of hydrogen-bond donors (Lipinski definition) is 1. The summed E-state index contributed by atoms with van der Waals surface area (Å²) >= 11 is 6.14. The molecule has 2 nitrogen and oxygen atoms in total. The lowest BCUT2D eigenvalue weighted by molar-refractivity contribution is 0.00132. The summed E-state index contributed by atoms with van der Waals surface area (Å²) in [6.45, 7) is 8.34. The van der Waals surface area contributed by atoms with E-state index in [2.05, 4.69) is 18.7 Å². The van der Waals surface area contributed by atoms with Crippen molar-refractivity contribution in [3.63, 3.8) is 0 Å². The van der Waals surface area contributed by atoms with Crippen LogP contribution in [0.1, 0.15) is 43.9 Å². The number of benzene rings is 1. The number of aliphatic hydroxyl groups is 1. The van der Waals surface area contributed by atoms with Crippen LogP contribution < -0.4 is 0 Å². The molecular formula is C15H22ClNO. The zero-order valence-electron chi connectivity index (χ0n) is 11.4. The van der Waals surface area contributed by atoms with E-state index in [0.29, 0.717) is 0 Å². The van der Waals surface area contributed by atoms with Crippen molar-refractivity contribution in [1.82, 2.24) is 4.90 Å². The van der Waals surface area contributed by atoms with E-state index >= 15 is 0 Å². The Balaban J connectivity index is 2.23. The summed E-state index contributed by atoms with van der Waals surface area (Å²) in [5.74, 6) is 0. The Morgan fingerprint density at radius 2 is 1.89 bits per heavy atom. The molecule has 1 unspecified atom stereocenters. The average molecular weight is 268 g/mol. The number of halogens is 1. The molecule has 3 heteroatoms. The smallest absolute Gasteiger partial charge is 0.0968 e. The Kier molecular flexibility index (Phi) is 4.00. The summed E-state index contributed by atoms with van der Waals surface area (Å²) in [4.78, 5) is 2.37. The van der Waals surface area contributed by atoms with E-state index in [1.165, 1.54) is 12.8 Å². The monoisotopic (exact) mass is 267 g/mol. The van der Waals surface area contributed by atoms with Crippen molar-refractivity contribution < 1.29 is 5.11 Å². The second-order valence-electron chi connectivity index (χ2n) is 5.76. The predicted octanol–water partition coefficient (Wildman–Crippen LogP) is 3.56. The SMILES string of the molecule is Cc1ccc(C(O)C(C)(C)N2CCCC2)cc1Cl. The standard InChI is InChI=1S/C15H22ClNO/c1-11-6-7-12(10-13(11)16)14(18)15(2,3)17-8-4-5-9-17/h6-7,10,14,18H,4-5,8-9H2,1-3H3. The summed E-state index contributed by atoms with van der Waals surface area (Å²) in [6.07, 6.45) is 1.95. The van der Waals surface area contributed by atoms with Gasteiger partial charge in [0, 0.05) is 10.6 Å². The molecule has 1 aliphatic heterocycles. The van der Waals surface area contributed by atoms with Crippen molar-refractivity contribution in [1.29, 1.82) is 0 Å². The van der Waals surface area contributed by atoms with Crippen molar-refractivity contribution in [3.05, 3.63) is 34.3 Å². The van der Waals surface area contributed by atoms with Crippen molar-refractivity contribution in [2.45, 2.75) is 45.3 Å². The Hall–Kier alpha value is -0.570. The Bertz CT molecular complexity index is 425. The molecule has 0 aliphatic carbocycles. The third kappa shape index (κ3) is 2.56. The lowest BCUT2D eigenvalue weighted by atomic mass is 9.89.